The highest BCUT2D eigenvalue weighted by atomic mass is 16.4. The highest BCUT2D eigenvalue weighted by Gasteiger charge is 2.23. The van der Waals surface area contributed by atoms with E-state index in [9.17, 15) is 5.11 Å². The Balaban J connectivity index is 2.69. The van der Waals surface area contributed by atoms with E-state index in [-0.39, 0.29) is 11.8 Å². The first-order valence-electron chi connectivity index (χ1n) is 7.01. The molecule has 0 heterocycles. The summed E-state index contributed by atoms with van der Waals surface area (Å²) in [5, 5.41) is 25.5. The van der Waals surface area contributed by atoms with Crippen LogP contribution in [0.5, 0.6) is 0 Å². The number of aliphatic hydroxyl groups is 1. The Morgan fingerprint density at radius 3 is 2.40 bits per heavy atom. The van der Waals surface area contributed by atoms with Crippen LogP contribution >= 0.6 is 0 Å². The van der Waals surface area contributed by atoms with Crippen LogP contribution in [0.3, 0.4) is 0 Å². The van der Waals surface area contributed by atoms with Crippen LogP contribution in [0.15, 0.2) is 35.5 Å². The molecule has 20 heavy (non-hydrogen) atoms. The van der Waals surface area contributed by atoms with Gasteiger partial charge in [-0.25, -0.2) is 0 Å². The normalized spacial score (nSPS) is 14.2. The van der Waals surface area contributed by atoms with Gasteiger partial charge in [-0.05, 0) is 18.4 Å². The number of benzene rings is 1. The van der Waals surface area contributed by atoms with Gasteiger partial charge in [-0.3, -0.25) is 0 Å². The third kappa shape index (κ3) is 4.51. The quantitative estimate of drug-likeness (QED) is 0.252. The van der Waals surface area contributed by atoms with Gasteiger partial charge in [0.15, 0.2) is 0 Å². The van der Waals surface area contributed by atoms with E-state index in [2.05, 4.69) is 10.5 Å². The van der Waals surface area contributed by atoms with Gasteiger partial charge in [-0.2, -0.15) is 0 Å². The zero-order valence-electron chi connectivity index (χ0n) is 12.2. The minimum atomic E-state index is -0.702. The van der Waals surface area contributed by atoms with Crippen LogP contribution in [0, 0.1) is 0 Å². The minimum Gasteiger partial charge on any atom is -0.409 e. The molecule has 0 aliphatic carbocycles. The number of amidine groups is 1. The summed E-state index contributed by atoms with van der Waals surface area (Å²) in [6.45, 7) is 4.93. The smallest absolute Gasteiger partial charge is 0.147 e. The Hall–Kier alpha value is -1.59. The molecule has 1 unspecified atom stereocenters. The van der Waals surface area contributed by atoms with Gasteiger partial charge >= 0.3 is 0 Å². The summed E-state index contributed by atoms with van der Waals surface area (Å²) in [4.78, 5) is 0. The lowest BCUT2D eigenvalue weighted by Gasteiger charge is -2.27. The van der Waals surface area contributed by atoms with Crippen molar-refractivity contribution in [2.75, 3.05) is 13.1 Å². The second-order valence-corrected chi connectivity index (χ2v) is 5.05. The molecular weight excluding hydrogens is 254 g/mol. The average molecular weight is 279 g/mol. The van der Waals surface area contributed by atoms with Gasteiger partial charge in [0.25, 0.3) is 0 Å². The fraction of sp³-hybridized carbons (Fsp3) is 0.533. The van der Waals surface area contributed by atoms with E-state index < -0.39 is 5.60 Å². The molecule has 0 aliphatic heterocycles. The largest absolute Gasteiger partial charge is 0.409 e. The molecule has 0 radical (unpaired) electrons. The van der Waals surface area contributed by atoms with Crippen molar-refractivity contribution in [1.29, 1.82) is 0 Å². The van der Waals surface area contributed by atoms with E-state index >= 15 is 0 Å². The number of rotatable bonds is 8. The van der Waals surface area contributed by atoms with Gasteiger partial charge in [0.2, 0.25) is 0 Å². The average Bonchev–Trinajstić information content (AvgIpc) is 2.51. The molecule has 0 saturated carbocycles. The summed E-state index contributed by atoms with van der Waals surface area (Å²) < 4.78 is 0. The summed E-state index contributed by atoms with van der Waals surface area (Å²) in [6.07, 6.45) is 1.38. The topological polar surface area (TPSA) is 90.9 Å². The molecule has 0 spiro atoms. The highest BCUT2D eigenvalue weighted by molar-refractivity contribution is 5.87. The summed E-state index contributed by atoms with van der Waals surface area (Å²) >= 11 is 0. The molecule has 0 fully saturated rings. The Labute approximate surface area is 120 Å². The van der Waals surface area contributed by atoms with Gasteiger partial charge in [-0.15, -0.1) is 0 Å². The maximum Gasteiger partial charge on any atom is 0.147 e. The first kappa shape index (κ1) is 16.5. The molecule has 5 N–H and O–H groups in total. The van der Waals surface area contributed by atoms with Gasteiger partial charge in [-0.1, -0.05) is 49.3 Å². The van der Waals surface area contributed by atoms with E-state index in [1.54, 1.807) is 0 Å². The number of hydrogen-bond acceptors (Lipinski definition) is 4. The van der Waals surface area contributed by atoms with E-state index in [0.29, 0.717) is 25.9 Å². The summed E-state index contributed by atoms with van der Waals surface area (Å²) in [5.74, 6) is -0.0422. The molecule has 0 aromatic heterocycles. The van der Waals surface area contributed by atoms with Gasteiger partial charge < -0.3 is 21.4 Å². The lowest BCUT2D eigenvalue weighted by Crippen LogP contribution is -2.42. The molecule has 5 heteroatoms. The zero-order valence-corrected chi connectivity index (χ0v) is 12.2. The van der Waals surface area contributed by atoms with Gasteiger partial charge in [0.05, 0.1) is 11.5 Å². The predicted octanol–water partition coefficient (Wildman–Crippen LogP) is 1.66. The SMILES string of the molecule is CCC(O)(CC)CNCC(C(N)=NO)c1ccccc1. The first-order chi connectivity index (χ1) is 9.56. The van der Waals surface area contributed by atoms with Crippen LogP contribution in [0.1, 0.15) is 38.2 Å². The third-order valence-corrected chi connectivity index (χ3v) is 3.79. The molecular formula is C15H25N3O2. The zero-order chi connectivity index (χ0) is 15.0. The van der Waals surface area contributed by atoms with E-state index in [0.717, 1.165) is 5.56 Å². The fourth-order valence-electron chi connectivity index (χ4n) is 2.10. The molecule has 0 bridgehead atoms. The Morgan fingerprint density at radius 1 is 1.30 bits per heavy atom. The van der Waals surface area contributed by atoms with Gasteiger partial charge in [0, 0.05) is 13.1 Å². The molecule has 5 nitrogen and oxygen atoms in total. The van der Waals surface area contributed by atoms with Crippen LogP contribution < -0.4 is 11.1 Å². The van der Waals surface area contributed by atoms with E-state index in [1.165, 1.54) is 0 Å². The van der Waals surface area contributed by atoms with Crippen molar-refractivity contribution in [2.45, 2.75) is 38.2 Å². The van der Waals surface area contributed by atoms with Crippen LogP contribution in [0.25, 0.3) is 0 Å². The minimum absolute atomic E-state index is 0.167. The second-order valence-electron chi connectivity index (χ2n) is 5.05. The molecule has 0 aliphatic rings. The van der Waals surface area contributed by atoms with E-state index in [4.69, 9.17) is 10.9 Å². The van der Waals surface area contributed by atoms with Crippen LogP contribution in [-0.2, 0) is 0 Å². The van der Waals surface area contributed by atoms with Crippen molar-refractivity contribution in [3.63, 3.8) is 0 Å². The number of nitrogens with two attached hydrogens (primary N) is 1. The first-order valence-corrected chi connectivity index (χ1v) is 7.01. The van der Waals surface area contributed by atoms with Crippen molar-refractivity contribution < 1.29 is 10.3 Å². The summed E-state index contributed by atoms with van der Waals surface area (Å²) in [5.41, 5.74) is 6.04. The van der Waals surface area contributed by atoms with Crippen molar-refractivity contribution in [2.24, 2.45) is 10.9 Å². The van der Waals surface area contributed by atoms with E-state index in [1.807, 2.05) is 44.2 Å². The molecule has 1 atom stereocenters. The Bertz CT molecular complexity index is 416. The second kappa shape index (κ2) is 7.87. The fourth-order valence-corrected chi connectivity index (χ4v) is 2.10. The number of hydrogen-bond donors (Lipinski definition) is 4. The molecule has 112 valence electrons. The Morgan fingerprint density at radius 2 is 1.90 bits per heavy atom. The maximum atomic E-state index is 10.2. The third-order valence-electron chi connectivity index (χ3n) is 3.79. The standard InChI is InChI=1S/C15H25N3O2/c1-3-15(19,4-2)11-17-10-13(14(16)18-20)12-8-6-5-7-9-12/h5-9,13,17,19-20H,3-4,10-11H2,1-2H3,(H2,16,18). The summed E-state index contributed by atoms with van der Waals surface area (Å²) in [7, 11) is 0. The maximum absolute atomic E-state index is 10.2. The van der Waals surface area contributed by atoms with Gasteiger partial charge in [0.1, 0.15) is 5.84 Å². The number of oxime groups is 1. The molecule has 1 aromatic rings. The lowest BCUT2D eigenvalue weighted by atomic mass is 9.95. The predicted molar refractivity (Wildman–Crippen MR) is 81.0 cm³/mol. The van der Waals surface area contributed by atoms with Crippen LogP contribution in [0.4, 0.5) is 0 Å². The van der Waals surface area contributed by atoms with Crippen LogP contribution in [-0.4, -0.2) is 34.8 Å². The number of nitrogens with one attached hydrogen (secondary N) is 1. The Kier molecular flexibility index (Phi) is 6.48. The van der Waals surface area contributed by atoms with Crippen molar-refractivity contribution in [3.05, 3.63) is 35.9 Å². The summed E-state index contributed by atoms with van der Waals surface area (Å²) in [6, 6.07) is 9.64. The highest BCUT2D eigenvalue weighted by Crippen LogP contribution is 2.17. The van der Waals surface area contributed by atoms with Crippen molar-refractivity contribution >= 4 is 5.84 Å². The monoisotopic (exact) mass is 279 g/mol. The molecule has 1 aromatic carbocycles. The molecule has 0 amide bonds. The van der Waals surface area contributed by atoms with Crippen molar-refractivity contribution in [3.8, 4) is 0 Å². The molecule has 1 rings (SSSR count). The lowest BCUT2D eigenvalue weighted by molar-refractivity contribution is 0.0327. The van der Waals surface area contributed by atoms with Crippen molar-refractivity contribution in [1.82, 2.24) is 5.32 Å². The molecule has 0 saturated heterocycles. The van der Waals surface area contributed by atoms with Crippen LogP contribution in [0.2, 0.25) is 0 Å². The number of nitrogens with zero attached hydrogens (tertiary/aromatic N) is 1.